The highest BCUT2D eigenvalue weighted by atomic mass is 16.5. The quantitative estimate of drug-likeness (QED) is 0.413. The van der Waals surface area contributed by atoms with Gasteiger partial charge in [0.15, 0.2) is 5.96 Å². The van der Waals surface area contributed by atoms with E-state index in [1.807, 2.05) is 29.1 Å². The Bertz CT molecular complexity index is 1010. The molecule has 2 N–H and O–H groups in total. The van der Waals surface area contributed by atoms with E-state index in [1.54, 1.807) is 12.5 Å². The first-order valence-corrected chi connectivity index (χ1v) is 11.4. The van der Waals surface area contributed by atoms with Gasteiger partial charge in [0.2, 0.25) is 0 Å². The van der Waals surface area contributed by atoms with E-state index in [4.69, 9.17) is 9.73 Å². The molecule has 2 heterocycles. The molecule has 0 radical (unpaired) electrons. The molecule has 1 aliphatic carbocycles. The standard InChI is InChI=1S/C25H32N6O/c1-3-27-25(29-16-20-9-11-24(28-15-20)31-13-12-26-18-31)30-17-21-10-8-19(2)14-23(21)32-22-6-4-5-7-22/h8-15,18,22H,3-7,16-17H2,1-2H3,(H2,27,29,30). The molecule has 0 atom stereocenters. The summed E-state index contributed by atoms with van der Waals surface area (Å²) in [5, 5.41) is 6.78. The van der Waals surface area contributed by atoms with Crippen molar-refractivity contribution >= 4 is 5.96 Å². The van der Waals surface area contributed by atoms with Crippen molar-refractivity contribution in [2.24, 2.45) is 4.99 Å². The number of nitrogens with zero attached hydrogens (tertiary/aromatic N) is 4. The Morgan fingerprint density at radius 2 is 2.06 bits per heavy atom. The highest BCUT2D eigenvalue weighted by Crippen LogP contribution is 2.27. The van der Waals surface area contributed by atoms with Gasteiger partial charge in [-0.1, -0.05) is 18.2 Å². The molecule has 4 rings (SSSR count). The molecule has 0 spiro atoms. The Kier molecular flexibility index (Phi) is 7.38. The predicted molar refractivity (Wildman–Crippen MR) is 127 cm³/mol. The van der Waals surface area contributed by atoms with Crippen LogP contribution in [0.25, 0.3) is 5.82 Å². The summed E-state index contributed by atoms with van der Waals surface area (Å²) in [5.74, 6) is 2.60. The lowest BCUT2D eigenvalue weighted by molar-refractivity contribution is 0.207. The van der Waals surface area contributed by atoms with Gasteiger partial charge < -0.3 is 15.4 Å². The number of ether oxygens (including phenoxy) is 1. The van der Waals surface area contributed by atoms with Gasteiger partial charge in [0.1, 0.15) is 17.9 Å². The van der Waals surface area contributed by atoms with E-state index in [0.29, 0.717) is 19.2 Å². The Hall–Kier alpha value is -3.35. The largest absolute Gasteiger partial charge is 0.490 e. The van der Waals surface area contributed by atoms with Crippen molar-refractivity contribution in [3.63, 3.8) is 0 Å². The van der Waals surface area contributed by atoms with Crippen molar-refractivity contribution in [3.8, 4) is 11.6 Å². The Morgan fingerprint density at radius 1 is 1.19 bits per heavy atom. The molecule has 1 aliphatic rings. The number of benzene rings is 1. The zero-order valence-corrected chi connectivity index (χ0v) is 18.9. The summed E-state index contributed by atoms with van der Waals surface area (Å²) in [4.78, 5) is 13.3. The summed E-state index contributed by atoms with van der Waals surface area (Å²) in [6, 6.07) is 10.5. The molecule has 1 fully saturated rings. The monoisotopic (exact) mass is 432 g/mol. The number of guanidine groups is 1. The van der Waals surface area contributed by atoms with Gasteiger partial charge in [-0.2, -0.15) is 0 Å². The first-order valence-electron chi connectivity index (χ1n) is 11.4. The molecule has 168 valence electrons. The van der Waals surface area contributed by atoms with E-state index in [-0.39, 0.29) is 0 Å². The number of imidazole rings is 1. The van der Waals surface area contributed by atoms with Crippen LogP contribution in [-0.2, 0) is 13.1 Å². The van der Waals surface area contributed by atoms with Crippen LogP contribution in [0, 0.1) is 6.92 Å². The summed E-state index contributed by atoms with van der Waals surface area (Å²) in [6.45, 7) is 6.18. The second-order valence-corrected chi connectivity index (χ2v) is 8.18. The topological polar surface area (TPSA) is 76.4 Å². The number of pyridine rings is 1. The Morgan fingerprint density at radius 3 is 2.78 bits per heavy atom. The molecule has 0 bridgehead atoms. The van der Waals surface area contributed by atoms with Crippen molar-refractivity contribution < 1.29 is 4.74 Å². The molecular formula is C25H32N6O. The zero-order valence-electron chi connectivity index (χ0n) is 18.9. The minimum Gasteiger partial charge on any atom is -0.490 e. The number of nitrogens with one attached hydrogen (secondary N) is 2. The summed E-state index contributed by atoms with van der Waals surface area (Å²) in [5.41, 5.74) is 3.42. The number of aliphatic imine (C=N–C) groups is 1. The molecule has 1 aromatic carbocycles. The van der Waals surface area contributed by atoms with Gasteiger partial charge in [-0.3, -0.25) is 4.57 Å². The third kappa shape index (κ3) is 5.87. The number of hydrogen-bond donors (Lipinski definition) is 2. The number of rotatable bonds is 8. The van der Waals surface area contributed by atoms with Gasteiger partial charge in [0, 0.05) is 37.2 Å². The van der Waals surface area contributed by atoms with Gasteiger partial charge in [0.25, 0.3) is 0 Å². The van der Waals surface area contributed by atoms with Gasteiger partial charge in [-0.05, 0) is 62.8 Å². The summed E-state index contributed by atoms with van der Waals surface area (Å²) >= 11 is 0. The summed E-state index contributed by atoms with van der Waals surface area (Å²) in [7, 11) is 0. The van der Waals surface area contributed by atoms with E-state index < -0.39 is 0 Å². The van der Waals surface area contributed by atoms with Crippen LogP contribution in [-0.4, -0.2) is 33.1 Å². The lowest BCUT2D eigenvalue weighted by atomic mass is 10.1. The molecule has 32 heavy (non-hydrogen) atoms. The number of hydrogen-bond acceptors (Lipinski definition) is 4. The molecule has 2 aromatic heterocycles. The molecule has 1 saturated carbocycles. The van der Waals surface area contributed by atoms with Crippen LogP contribution in [0.5, 0.6) is 5.75 Å². The number of aromatic nitrogens is 3. The lowest BCUT2D eigenvalue weighted by Crippen LogP contribution is -2.37. The van der Waals surface area contributed by atoms with Gasteiger partial charge in [0.05, 0.1) is 12.6 Å². The first-order chi connectivity index (χ1) is 15.7. The second-order valence-electron chi connectivity index (χ2n) is 8.18. The fourth-order valence-corrected chi connectivity index (χ4v) is 3.85. The summed E-state index contributed by atoms with van der Waals surface area (Å²) < 4.78 is 8.22. The average molecular weight is 433 g/mol. The van der Waals surface area contributed by atoms with E-state index in [1.165, 1.54) is 18.4 Å². The van der Waals surface area contributed by atoms with Gasteiger partial charge >= 0.3 is 0 Å². The molecular weight excluding hydrogens is 400 g/mol. The highest BCUT2D eigenvalue weighted by molar-refractivity contribution is 5.79. The molecule has 3 aromatic rings. The smallest absolute Gasteiger partial charge is 0.191 e. The fourth-order valence-electron chi connectivity index (χ4n) is 3.85. The fraction of sp³-hybridized carbons (Fsp3) is 0.400. The van der Waals surface area contributed by atoms with Gasteiger partial charge in [-0.25, -0.2) is 15.0 Å². The van der Waals surface area contributed by atoms with Crippen molar-refractivity contribution in [1.82, 2.24) is 25.2 Å². The van der Waals surface area contributed by atoms with Crippen LogP contribution in [0.2, 0.25) is 0 Å². The lowest BCUT2D eigenvalue weighted by Gasteiger charge is -2.18. The predicted octanol–water partition coefficient (Wildman–Crippen LogP) is 4.15. The van der Waals surface area contributed by atoms with Crippen LogP contribution in [0.4, 0.5) is 0 Å². The number of aryl methyl sites for hydroxylation is 1. The third-order valence-electron chi connectivity index (χ3n) is 5.61. The molecule has 0 unspecified atom stereocenters. The normalized spacial score (nSPS) is 14.5. The van der Waals surface area contributed by atoms with Crippen LogP contribution >= 0.6 is 0 Å². The first kappa shape index (κ1) is 21.9. The van der Waals surface area contributed by atoms with Crippen molar-refractivity contribution in [2.45, 2.75) is 58.7 Å². The highest BCUT2D eigenvalue weighted by Gasteiger charge is 2.18. The molecule has 7 nitrogen and oxygen atoms in total. The second kappa shape index (κ2) is 10.8. The third-order valence-corrected chi connectivity index (χ3v) is 5.61. The maximum atomic E-state index is 6.34. The Balaban J connectivity index is 1.39. The summed E-state index contributed by atoms with van der Waals surface area (Å²) in [6.07, 6.45) is 12.4. The maximum Gasteiger partial charge on any atom is 0.191 e. The van der Waals surface area contributed by atoms with E-state index in [2.05, 4.69) is 52.6 Å². The van der Waals surface area contributed by atoms with Crippen molar-refractivity contribution in [1.29, 1.82) is 0 Å². The minimum atomic E-state index is 0.343. The molecule has 0 aliphatic heterocycles. The van der Waals surface area contributed by atoms with Crippen LogP contribution in [0.15, 0.2) is 60.2 Å². The van der Waals surface area contributed by atoms with Crippen molar-refractivity contribution in [3.05, 3.63) is 71.9 Å². The molecule has 0 amide bonds. The van der Waals surface area contributed by atoms with E-state index >= 15 is 0 Å². The van der Waals surface area contributed by atoms with Crippen molar-refractivity contribution in [2.75, 3.05) is 6.54 Å². The zero-order chi connectivity index (χ0) is 22.2. The SMILES string of the molecule is CCNC(=NCc1ccc(-n2ccnc2)nc1)NCc1ccc(C)cc1OC1CCCC1. The van der Waals surface area contributed by atoms with E-state index in [9.17, 15) is 0 Å². The van der Waals surface area contributed by atoms with Gasteiger partial charge in [-0.15, -0.1) is 0 Å². The average Bonchev–Trinajstić information content (AvgIpc) is 3.52. The Labute approximate surface area is 190 Å². The molecule has 7 heteroatoms. The maximum absolute atomic E-state index is 6.34. The van der Waals surface area contributed by atoms with Crippen LogP contribution in [0.1, 0.15) is 49.3 Å². The van der Waals surface area contributed by atoms with Crippen LogP contribution in [0.3, 0.4) is 0 Å². The van der Waals surface area contributed by atoms with E-state index in [0.717, 1.165) is 48.0 Å². The van der Waals surface area contributed by atoms with Crippen LogP contribution < -0.4 is 15.4 Å². The minimum absolute atomic E-state index is 0.343. The molecule has 0 saturated heterocycles.